The third-order valence-electron chi connectivity index (χ3n) is 5.66. The summed E-state index contributed by atoms with van der Waals surface area (Å²) in [5.41, 5.74) is 6.49. The zero-order valence-electron chi connectivity index (χ0n) is 16.7. The largest absolute Gasteiger partial charge is 0.289 e. The predicted molar refractivity (Wildman–Crippen MR) is 124 cm³/mol. The molecule has 0 aliphatic heterocycles. The highest BCUT2D eigenvalue weighted by atomic mass is 32.2. The summed E-state index contributed by atoms with van der Waals surface area (Å²) in [5.74, 6) is 0.162. The first-order chi connectivity index (χ1) is 14.8. The Labute approximate surface area is 181 Å². The topological polar surface area (TPSA) is 17.1 Å². The first-order valence-corrected chi connectivity index (χ1v) is 11.1. The molecule has 0 unspecified atom stereocenters. The van der Waals surface area contributed by atoms with E-state index in [2.05, 4.69) is 72.8 Å². The minimum atomic E-state index is 0.162. The Morgan fingerprint density at radius 2 is 1.23 bits per heavy atom. The minimum absolute atomic E-state index is 0.162. The Morgan fingerprint density at radius 3 is 2.03 bits per heavy atom. The molecule has 0 radical (unpaired) electrons. The highest BCUT2D eigenvalue weighted by Crippen LogP contribution is 2.29. The van der Waals surface area contributed by atoms with Crippen LogP contribution in [0.25, 0.3) is 0 Å². The van der Waals surface area contributed by atoms with Gasteiger partial charge in [-0.05, 0) is 71.8 Å². The summed E-state index contributed by atoms with van der Waals surface area (Å²) in [6.45, 7) is 0. The number of carbonyl (C=O) groups is 1. The number of fused-ring (bicyclic) bond motifs is 2. The molecule has 0 aromatic heterocycles. The Bertz CT molecular complexity index is 1190. The van der Waals surface area contributed by atoms with E-state index in [-0.39, 0.29) is 5.78 Å². The summed E-state index contributed by atoms with van der Waals surface area (Å²) in [5, 5.41) is 0. The molecule has 30 heavy (non-hydrogen) atoms. The standard InChI is InChI=1S/C28H22OS/c29-28-26-9-5-4-6-22(26)14-15-23-13-10-21(19-27(23)28)18-20-11-16-25(17-12-20)30-24-7-2-1-3-8-24/h1-13,16-17,19H,14-15,18H2. The van der Waals surface area contributed by atoms with Gasteiger partial charge in [-0.15, -0.1) is 0 Å². The maximum Gasteiger partial charge on any atom is 0.193 e. The zero-order chi connectivity index (χ0) is 20.3. The van der Waals surface area contributed by atoms with Crippen LogP contribution in [0.5, 0.6) is 0 Å². The molecule has 4 aromatic rings. The summed E-state index contributed by atoms with van der Waals surface area (Å²) in [6.07, 6.45) is 2.68. The molecule has 4 aromatic carbocycles. The number of ketones is 1. The van der Waals surface area contributed by atoms with Crippen LogP contribution in [0, 0.1) is 0 Å². The van der Waals surface area contributed by atoms with Crippen LogP contribution in [-0.4, -0.2) is 5.78 Å². The fourth-order valence-corrected chi connectivity index (χ4v) is 4.91. The second-order valence-corrected chi connectivity index (χ2v) is 8.86. The van der Waals surface area contributed by atoms with Crippen LogP contribution in [0.15, 0.2) is 107 Å². The Morgan fingerprint density at radius 1 is 0.600 bits per heavy atom. The Hall–Kier alpha value is -3.10. The van der Waals surface area contributed by atoms with Crippen molar-refractivity contribution in [3.05, 3.63) is 130 Å². The van der Waals surface area contributed by atoms with Crippen LogP contribution in [0.2, 0.25) is 0 Å². The summed E-state index contributed by atoms with van der Waals surface area (Å²) in [7, 11) is 0. The second kappa shape index (κ2) is 8.33. The number of benzene rings is 4. The molecule has 0 atom stereocenters. The highest BCUT2D eigenvalue weighted by Gasteiger charge is 2.21. The Kier molecular flexibility index (Phi) is 5.25. The van der Waals surface area contributed by atoms with Crippen LogP contribution >= 0.6 is 11.8 Å². The van der Waals surface area contributed by atoms with E-state index in [9.17, 15) is 4.79 Å². The molecule has 0 saturated carbocycles. The van der Waals surface area contributed by atoms with E-state index in [0.29, 0.717) is 0 Å². The Balaban J connectivity index is 1.36. The van der Waals surface area contributed by atoms with Gasteiger partial charge in [-0.1, -0.05) is 78.5 Å². The van der Waals surface area contributed by atoms with Crippen LogP contribution in [0.4, 0.5) is 0 Å². The van der Waals surface area contributed by atoms with Crippen LogP contribution in [-0.2, 0) is 19.3 Å². The molecule has 1 aliphatic rings. The van der Waals surface area contributed by atoms with Gasteiger partial charge < -0.3 is 0 Å². The van der Waals surface area contributed by atoms with Gasteiger partial charge >= 0.3 is 0 Å². The summed E-state index contributed by atoms with van der Waals surface area (Å²) >= 11 is 1.77. The molecule has 0 N–H and O–H groups in total. The van der Waals surface area contributed by atoms with E-state index in [1.165, 1.54) is 20.9 Å². The molecular weight excluding hydrogens is 384 g/mol. The van der Waals surface area contributed by atoms with Crippen molar-refractivity contribution in [3.8, 4) is 0 Å². The van der Waals surface area contributed by atoms with Crippen molar-refractivity contribution in [2.75, 3.05) is 0 Å². The van der Waals surface area contributed by atoms with Gasteiger partial charge in [0.05, 0.1) is 0 Å². The maximum atomic E-state index is 13.1. The lowest BCUT2D eigenvalue weighted by Crippen LogP contribution is -2.05. The first kappa shape index (κ1) is 18.9. The number of carbonyl (C=O) groups excluding carboxylic acids is 1. The molecule has 0 fully saturated rings. The lowest BCUT2D eigenvalue weighted by atomic mass is 9.95. The molecule has 2 heteroatoms. The van der Waals surface area contributed by atoms with E-state index < -0.39 is 0 Å². The molecular formula is C28H22OS. The molecule has 5 rings (SSSR count). The normalized spacial score (nSPS) is 12.7. The highest BCUT2D eigenvalue weighted by molar-refractivity contribution is 7.99. The van der Waals surface area contributed by atoms with Crippen molar-refractivity contribution in [2.45, 2.75) is 29.1 Å². The minimum Gasteiger partial charge on any atom is -0.289 e. The maximum absolute atomic E-state index is 13.1. The molecule has 0 spiro atoms. The molecule has 0 amide bonds. The average molecular weight is 407 g/mol. The van der Waals surface area contributed by atoms with Gasteiger partial charge in [0, 0.05) is 20.9 Å². The van der Waals surface area contributed by atoms with Crippen molar-refractivity contribution in [2.24, 2.45) is 0 Å². The van der Waals surface area contributed by atoms with E-state index in [0.717, 1.165) is 41.5 Å². The van der Waals surface area contributed by atoms with Crippen molar-refractivity contribution >= 4 is 17.5 Å². The first-order valence-electron chi connectivity index (χ1n) is 10.3. The van der Waals surface area contributed by atoms with E-state index in [1.807, 2.05) is 24.3 Å². The number of hydrogen-bond donors (Lipinski definition) is 0. The lowest BCUT2D eigenvalue weighted by molar-refractivity contribution is 0.103. The van der Waals surface area contributed by atoms with Gasteiger partial charge in [0.1, 0.15) is 0 Å². The molecule has 0 bridgehead atoms. The molecule has 1 nitrogen and oxygen atoms in total. The number of hydrogen-bond acceptors (Lipinski definition) is 2. The monoisotopic (exact) mass is 406 g/mol. The molecule has 146 valence electrons. The van der Waals surface area contributed by atoms with E-state index in [1.54, 1.807) is 11.8 Å². The van der Waals surface area contributed by atoms with Gasteiger partial charge in [-0.3, -0.25) is 4.79 Å². The average Bonchev–Trinajstić information content (AvgIpc) is 2.93. The predicted octanol–water partition coefficient (Wildman–Crippen LogP) is 6.76. The van der Waals surface area contributed by atoms with Crippen molar-refractivity contribution in [1.82, 2.24) is 0 Å². The number of aryl methyl sites for hydroxylation is 2. The van der Waals surface area contributed by atoms with Crippen molar-refractivity contribution in [3.63, 3.8) is 0 Å². The van der Waals surface area contributed by atoms with Gasteiger partial charge in [0.25, 0.3) is 0 Å². The third-order valence-corrected chi connectivity index (χ3v) is 6.67. The van der Waals surface area contributed by atoms with Gasteiger partial charge in [-0.25, -0.2) is 0 Å². The van der Waals surface area contributed by atoms with Crippen LogP contribution in [0.1, 0.15) is 38.2 Å². The van der Waals surface area contributed by atoms with Crippen molar-refractivity contribution in [1.29, 1.82) is 0 Å². The summed E-state index contributed by atoms with van der Waals surface area (Å²) in [6, 6.07) is 33.6. The molecule has 0 heterocycles. The summed E-state index contributed by atoms with van der Waals surface area (Å²) < 4.78 is 0. The lowest BCUT2D eigenvalue weighted by Gasteiger charge is -2.09. The fraction of sp³-hybridized carbons (Fsp3) is 0.107. The summed E-state index contributed by atoms with van der Waals surface area (Å²) in [4.78, 5) is 15.6. The van der Waals surface area contributed by atoms with Gasteiger partial charge in [-0.2, -0.15) is 0 Å². The fourth-order valence-electron chi connectivity index (χ4n) is 4.07. The zero-order valence-corrected chi connectivity index (χ0v) is 17.5. The second-order valence-electron chi connectivity index (χ2n) is 7.71. The van der Waals surface area contributed by atoms with Crippen molar-refractivity contribution < 1.29 is 4.79 Å². The SMILES string of the molecule is O=C1c2ccccc2CCc2ccc(Cc3ccc(Sc4ccccc4)cc3)cc21. The smallest absolute Gasteiger partial charge is 0.193 e. The quantitative estimate of drug-likeness (QED) is 0.372. The molecule has 1 aliphatic carbocycles. The van der Waals surface area contributed by atoms with E-state index in [4.69, 9.17) is 0 Å². The third kappa shape index (κ3) is 3.96. The number of rotatable bonds is 4. The van der Waals surface area contributed by atoms with Crippen LogP contribution in [0.3, 0.4) is 0 Å². The van der Waals surface area contributed by atoms with Crippen LogP contribution < -0.4 is 0 Å². The van der Waals surface area contributed by atoms with E-state index >= 15 is 0 Å². The van der Waals surface area contributed by atoms with Gasteiger partial charge in [0.15, 0.2) is 5.78 Å². The van der Waals surface area contributed by atoms with Gasteiger partial charge in [0.2, 0.25) is 0 Å². The molecule has 0 saturated heterocycles.